The lowest BCUT2D eigenvalue weighted by atomic mass is 10.1. The van der Waals surface area contributed by atoms with Crippen LogP contribution in [-0.2, 0) is 13.1 Å². The summed E-state index contributed by atoms with van der Waals surface area (Å²) in [5.41, 5.74) is 7.89. The SMILES string of the molecule is CCn1c(-c2ccc(OC)c(OC)c2)ccc(CN)c1=O. The summed E-state index contributed by atoms with van der Waals surface area (Å²) in [5, 5.41) is 0. The normalized spacial score (nSPS) is 10.5. The largest absolute Gasteiger partial charge is 0.493 e. The van der Waals surface area contributed by atoms with Gasteiger partial charge in [-0.2, -0.15) is 0 Å². The van der Waals surface area contributed by atoms with Gasteiger partial charge < -0.3 is 19.8 Å². The van der Waals surface area contributed by atoms with Gasteiger partial charge in [0.2, 0.25) is 0 Å². The lowest BCUT2D eigenvalue weighted by molar-refractivity contribution is 0.355. The first kappa shape index (κ1) is 15.1. The fourth-order valence-electron chi connectivity index (χ4n) is 2.34. The molecule has 112 valence electrons. The lowest BCUT2D eigenvalue weighted by Crippen LogP contribution is -2.25. The maximum atomic E-state index is 12.3. The van der Waals surface area contributed by atoms with E-state index in [1.807, 2.05) is 31.2 Å². The molecule has 0 aliphatic carbocycles. The van der Waals surface area contributed by atoms with Crippen molar-refractivity contribution in [2.75, 3.05) is 14.2 Å². The number of benzene rings is 1. The fraction of sp³-hybridized carbons (Fsp3) is 0.312. The molecule has 0 aliphatic heterocycles. The first-order valence-corrected chi connectivity index (χ1v) is 6.81. The topological polar surface area (TPSA) is 66.5 Å². The maximum Gasteiger partial charge on any atom is 0.255 e. The molecule has 2 rings (SSSR count). The van der Waals surface area contributed by atoms with E-state index < -0.39 is 0 Å². The Kier molecular flexibility index (Phi) is 4.65. The molecular weight excluding hydrogens is 268 g/mol. The van der Waals surface area contributed by atoms with Crippen LogP contribution in [0.2, 0.25) is 0 Å². The highest BCUT2D eigenvalue weighted by Gasteiger charge is 2.11. The second-order valence-electron chi connectivity index (χ2n) is 4.57. The molecule has 1 aromatic heterocycles. The van der Waals surface area contributed by atoms with Crippen LogP contribution in [0.3, 0.4) is 0 Å². The van der Waals surface area contributed by atoms with Crippen molar-refractivity contribution < 1.29 is 9.47 Å². The van der Waals surface area contributed by atoms with Crippen molar-refractivity contribution >= 4 is 0 Å². The van der Waals surface area contributed by atoms with Crippen LogP contribution in [0.15, 0.2) is 35.1 Å². The molecule has 0 unspecified atom stereocenters. The number of pyridine rings is 1. The molecule has 2 N–H and O–H groups in total. The van der Waals surface area contributed by atoms with Gasteiger partial charge in [0.15, 0.2) is 11.5 Å². The van der Waals surface area contributed by atoms with E-state index in [1.54, 1.807) is 24.9 Å². The molecule has 0 bridgehead atoms. The second-order valence-corrected chi connectivity index (χ2v) is 4.57. The summed E-state index contributed by atoms with van der Waals surface area (Å²) in [6.45, 7) is 2.76. The Bertz CT molecular complexity index is 692. The Balaban J connectivity index is 2.62. The molecule has 0 spiro atoms. The van der Waals surface area contributed by atoms with Crippen LogP contribution in [-0.4, -0.2) is 18.8 Å². The van der Waals surface area contributed by atoms with E-state index in [0.717, 1.165) is 11.3 Å². The average Bonchev–Trinajstić information content (AvgIpc) is 2.53. The third-order valence-corrected chi connectivity index (χ3v) is 3.47. The molecule has 0 atom stereocenters. The number of aromatic nitrogens is 1. The van der Waals surface area contributed by atoms with E-state index >= 15 is 0 Å². The Labute approximate surface area is 123 Å². The highest BCUT2D eigenvalue weighted by atomic mass is 16.5. The van der Waals surface area contributed by atoms with Gasteiger partial charge >= 0.3 is 0 Å². The molecule has 5 nitrogen and oxygen atoms in total. The highest BCUT2D eigenvalue weighted by Crippen LogP contribution is 2.31. The molecule has 2 aromatic rings. The van der Waals surface area contributed by atoms with Crippen LogP contribution in [0.1, 0.15) is 12.5 Å². The number of ether oxygens (including phenoxy) is 2. The Morgan fingerprint density at radius 2 is 1.81 bits per heavy atom. The van der Waals surface area contributed by atoms with Crippen molar-refractivity contribution in [1.82, 2.24) is 4.57 Å². The van der Waals surface area contributed by atoms with Crippen LogP contribution in [0, 0.1) is 0 Å². The minimum absolute atomic E-state index is 0.0488. The van der Waals surface area contributed by atoms with Crippen molar-refractivity contribution in [3.8, 4) is 22.8 Å². The number of hydrogen-bond acceptors (Lipinski definition) is 4. The van der Waals surface area contributed by atoms with Crippen molar-refractivity contribution in [2.45, 2.75) is 20.0 Å². The number of methoxy groups -OCH3 is 2. The molecule has 0 radical (unpaired) electrons. The maximum absolute atomic E-state index is 12.3. The van der Waals surface area contributed by atoms with Gasteiger partial charge in [0.25, 0.3) is 5.56 Å². The smallest absolute Gasteiger partial charge is 0.255 e. The molecule has 0 aliphatic rings. The molecule has 0 fully saturated rings. The lowest BCUT2D eigenvalue weighted by Gasteiger charge is -2.14. The molecule has 0 saturated heterocycles. The van der Waals surface area contributed by atoms with Crippen LogP contribution in [0.4, 0.5) is 0 Å². The van der Waals surface area contributed by atoms with E-state index in [4.69, 9.17) is 15.2 Å². The van der Waals surface area contributed by atoms with Crippen molar-refractivity contribution in [3.63, 3.8) is 0 Å². The van der Waals surface area contributed by atoms with Gasteiger partial charge in [-0.1, -0.05) is 6.07 Å². The summed E-state index contributed by atoms with van der Waals surface area (Å²) < 4.78 is 12.3. The van der Waals surface area contributed by atoms with Crippen LogP contribution in [0.5, 0.6) is 11.5 Å². The van der Waals surface area contributed by atoms with Crippen molar-refractivity contribution in [3.05, 3.63) is 46.2 Å². The van der Waals surface area contributed by atoms with E-state index in [2.05, 4.69) is 0 Å². The Morgan fingerprint density at radius 3 is 2.38 bits per heavy atom. The quantitative estimate of drug-likeness (QED) is 0.914. The zero-order valence-corrected chi connectivity index (χ0v) is 12.6. The van der Waals surface area contributed by atoms with E-state index in [-0.39, 0.29) is 12.1 Å². The number of nitrogens with zero attached hydrogens (tertiary/aromatic N) is 1. The van der Waals surface area contributed by atoms with E-state index in [1.165, 1.54) is 0 Å². The summed E-state index contributed by atoms with van der Waals surface area (Å²) in [6, 6.07) is 9.29. The van der Waals surface area contributed by atoms with Gasteiger partial charge in [-0.05, 0) is 31.2 Å². The monoisotopic (exact) mass is 288 g/mol. The Hall–Kier alpha value is -2.27. The van der Waals surface area contributed by atoms with Gasteiger partial charge in [-0.15, -0.1) is 0 Å². The zero-order chi connectivity index (χ0) is 15.4. The second kappa shape index (κ2) is 6.45. The summed E-state index contributed by atoms with van der Waals surface area (Å²) in [6.07, 6.45) is 0. The van der Waals surface area contributed by atoms with Crippen LogP contribution >= 0.6 is 0 Å². The molecule has 0 saturated carbocycles. The van der Waals surface area contributed by atoms with Gasteiger partial charge in [-0.25, -0.2) is 0 Å². The van der Waals surface area contributed by atoms with Gasteiger partial charge in [0.1, 0.15) is 0 Å². The van der Waals surface area contributed by atoms with E-state index in [9.17, 15) is 4.79 Å². The molecular formula is C16H20N2O3. The first-order chi connectivity index (χ1) is 10.2. The summed E-state index contributed by atoms with van der Waals surface area (Å²) in [7, 11) is 3.18. The predicted molar refractivity (Wildman–Crippen MR) is 82.8 cm³/mol. The summed E-state index contributed by atoms with van der Waals surface area (Å²) in [5.74, 6) is 1.29. The molecule has 21 heavy (non-hydrogen) atoms. The minimum atomic E-state index is -0.0488. The third-order valence-electron chi connectivity index (χ3n) is 3.47. The molecule has 1 aromatic carbocycles. The van der Waals surface area contributed by atoms with Crippen molar-refractivity contribution in [2.24, 2.45) is 5.73 Å². The van der Waals surface area contributed by atoms with Crippen LogP contribution in [0.25, 0.3) is 11.3 Å². The number of nitrogens with two attached hydrogens (primary N) is 1. The van der Waals surface area contributed by atoms with Gasteiger partial charge in [-0.3, -0.25) is 4.79 Å². The summed E-state index contributed by atoms with van der Waals surface area (Å²) in [4.78, 5) is 12.3. The van der Waals surface area contributed by atoms with E-state index in [0.29, 0.717) is 23.6 Å². The standard InChI is InChI=1S/C16H20N2O3/c1-4-18-13(7-5-12(10-17)16(18)19)11-6-8-14(20-2)15(9-11)21-3/h5-9H,4,10,17H2,1-3H3. The number of rotatable bonds is 5. The molecule has 1 heterocycles. The molecule has 0 amide bonds. The van der Waals surface area contributed by atoms with Gasteiger partial charge in [0, 0.05) is 24.2 Å². The average molecular weight is 288 g/mol. The highest BCUT2D eigenvalue weighted by molar-refractivity contribution is 5.64. The van der Waals surface area contributed by atoms with Crippen molar-refractivity contribution in [1.29, 1.82) is 0 Å². The predicted octanol–water partition coefficient (Wildman–Crippen LogP) is 2.01. The number of hydrogen-bond donors (Lipinski definition) is 1. The Morgan fingerprint density at radius 1 is 1.10 bits per heavy atom. The summed E-state index contributed by atoms with van der Waals surface area (Å²) >= 11 is 0. The fourth-order valence-corrected chi connectivity index (χ4v) is 2.34. The van der Waals surface area contributed by atoms with Crippen LogP contribution < -0.4 is 20.8 Å². The minimum Gasteiger partial charge on any atom is -0.493 e. The van der Waals surface area contributed by atoms with Gasteiger partial charge in [0.05, 0.1) is 19.9 Å². The zero-order valence-electron chi connectivity index (χ0n) is 12.6. The third kappa shape index (κ3) is 2.78. The molecule has 5 heteroatoms. The first-order valence-electron chi connectivity index (χ1n) is 6.81.